The Morgan fingerprint density at radius 1 is 1.04 bits per heavy atom. The number of anilines is 1. The molecule has 3 aromatic rings. The Hall–Kier alpha value is -3.27. The molecule has 3 rings (SSSR count). The van der Waals surface area contributed by atoms with Crippen molar-refractivity contribution in [3.8, 4) is 11.5 Å². The summed E-state index contributed by atoms with van der Waals surface area (Å²) in [4.78, 5) is 11.8. The van der Waals surface area contributed by atoms with Crippen molar-refractivity contribution in [1.82, 2.24) is 10.2 Å². The summed E-state index contributed by atoms with van der Waals surface area (Å²) < 4.78 is 42.8. The maximum Gasteiger partial charge on any atom is 0.359 e. The fourth-order valence-corrected chi connectivity index (χ4v) is 3.59. The van der Waals surface area contributed by atoms with Gasteiger partial charge in [0.25, 0.3) is 10.0 Å². The molecule has 0 amide bonds. The number of hydrogen-bond acceptors (Lipinski definition) is 7. The second-order valence-electron chi connectivity index (χ2n) is 5.45. The average Bonchev–Trinajstić information content (AvgIpc) is 3.09. The van der Waals surface area contributed by atoms with Crippen LogP contribution in [-0.4, -0.2) is 45.9 Å². The number of rotatable bonds is 6. The van der Waals surface area contributed by atoms with E-state index in [2.05, 4.69) is 19.7 Å². The summed E-state index contributed by atoms with van der Waals surface area (Å²) in [7, 11) is 0.230. The van der Waals surface area contributed by atoms with Gasteiger partial charge in [0.05, 0.1) is 31.7 Å². The van der Waals surface area contributed by atoms with Crippen molar-refractivity contribution in [3.05, 3.63) is 42.1 Å². The van der Waals surface area contributed by atoms with Crippen molar-refractivity contribution in [2.75, 3.05) is 26.1 Å². The number of hydrogen-bond donors (Lipinski definition) is 2. The Morgan fingerprint density at radius 3 is 2.44 bits per heavy atom. The van der Waals surface area contributed by atoms with Gasteiger partial charge in [0.15, 0.2) is 17.2 Å². The van der Waals surface area contributed by atoms with Gasteiger partial charge in [-0.2, -0.15) is 5.10 Å². The van der Waals surface area contributed by atoms with Crippen LogP contribution in [0.15, 0.2) is 41.3 Å². The molecule has 2 N–H and O–H groups in total. The quantitative estimate of drug-likeness (QED) is 0.618. The molecule has 0 radical (unpaired) electrons. The van der Waals surface area contributed by atoms with Crippen LogP contribution in [0, 0.1) is 0 Å². The summed E-state index contributed by atoms with van der Waals surface area (Å²) in [5.74, 6) is 0.0822. The summed E-state index contributed by atoms with van der Waals surface area (Å²) in [6, 6.07) is 8.93. The van der Waals surface area contributed by atoms with Crippen molar-refractivity contribution in [2.45, 2.75) is 4.90 Å². The lowest BCUT2D eigenvalue weighted by atomic mass is 10.2. The van der Waals surface area contributed by atoms with E-state index in [9.17, 15) is 13.2 Å². The molecule has 0 unspecified atom stereocenters. The molecular weight excluding hydrogens is 374 g/mol. The highest BCUT2D eigenvalue weighted by molar-refractivity contribution is 7.92. The lowest BCUT2D eigenvalue weighted by Crippen LogP contribution is -2.13. The molecule has 0 aliphatic heterocycles. The molecule has 0 saturated heterocycles. The Bertz CT molecular complexity index is 1110. The highest BCUT2D eigenvalue weighted by Gasteiger charge is 2.19. The third kappa shape index (κ3) is 3.51. The second kappa shape index (κ2) is 7.16. The fraction of sp³-hybridized carbons (Fsp3) is 0.176. The number of nitrogens with zero attached hydrogens (tertiary/aromatic N) is 1. The number of nitrogens with one attached hydrogen (secondary N) is 2. The van der Waals surface area contributed by atoms with Gasteiger partial charge in [0.1, 0.15) is 0 Å². The lowest BCUT2D eigenvalue weighted by molar-refractivity contribution is 0.0596. The van der Waals surface area contributed by atoms with Crippen molar-refractivity contribution in [2.24, 2.45) is 0 Å². The van der Waals surface area contributed by atoms with Crippen LogP contribution in [0.5, 0.6) is 11.5 Å². The maximum absolute atomic E-state index is 12.7. The summed E-state index contributed by atoms with van der Waals surface area (Å²) in [6.45, 7) is 0. The molecule has 0 fully saturated rings. The van der Waals surface area contributed by atoms with Crippen LogP contribution >= 0.6 is 0 Å². The summed E-state index contributed by atoms with van der Waals surface area (Å²) in [5, 5.41) is 7.03. The van der Waals surface area contributed by atoms with Crippen LogP contribution in [0.3, 0.4) is 0 Å². The number of aromatic nitrogens is 2. The van der Waals surface area contributed by atoms with Crippen LogP contribution in [-0.2, 0) is 14.8 Å². The predicted octanol–water partition coefficient (Wildman–Crippen LogP) is 2.17. The molecule has 0 aliphatic rings. The van der Waals surface area contributed by atoms with Crippen LogP contribution in [0.2, 0.25) is 0 Å². The van der Waals surface area contributed by atoms with E-state index in [1.165, 1.54) is 45.6 Å². The average molecular weight is 391 g/mol. The molecule has 1 aromatic heterocycles. The Morgan fingerprint density at radius 2 is 1.78 bits per heavy atom. The van der Waals surface area contributed by atoms with E-state index in [0.717, 1.165) is 0 Å². The lowest BCUT2D eigenvalue weighted by Gasteiger charge is -2.11. The van der Waals surface area contributed by atoms with E-state index < -0.39 is 16.0 Å². The third-order valence-corrected chi connectivity index (χ3v) is 5.24. The first-order valence-corrected chi connectivity index (χ1v) is 9.19. The van der Waals surface area contributed by atoms with Gasteiger partial charge in [-0.3, -0.25) is 9.82 Å². The van der Waals surface area contributed by atoms with E-state index in [-0.39, 0.29) is 16.3 Å². The molecule has 0 aliphatic carbocycles. The van der Waals surface area contributed by atoms with E-state index in [4.69, 9.17) is 9.47 Å². The first kappa shape index (κ1) is 18.5. The number of benzene rings is 2. The van der Waals surface area contributed by atoms with Gasteiger partial charge >= 0.3 is 5.97 Å². The van der Waals surface area contributed by atoms with Crippen LogP contribution in [0.25, 0.3) is 10.9 Å². The molecule has 0 atom stereocenters. The standard InChI is InChI=1S/C17H17N3O6S/c1-24-14-7-5-11(9-15(14)25-2)27(22,23)20-10-4-6-13-12(8-10)16(19-18-13)17(21)26-3/h4-9,20H,1-3H3,(H,18,19). The molecule has 142 valence electrons. The Kier molecular flexibility index (Phi) is 4.91. The summed E-state index contributed by atoms with van der Waals surface area (Å²) in [5.41, 5.74) is 0.910. The van der Waals surface area contributed by atoms with Crippen molar-refractivity contribution in [3.63, 3.8) is 0 Å². The molecule has 0 spiro atoms. The smallest absolute Gasteiger partial charge is 0.359 e. The highest BCUT2D eigenvalue weighted by Crippen LogP contribution is 2.30. The predicted molar refractivity (Wildman–Crippen MR) is 97.8 cm³/mol. The minimum absolute atomic E-state index is 0.000585. The third-order valence-electron chi connectivity index (χ3n) is 3.86. The number of esters is 1. The van der Waals surface area contributed by atoms with Gasteiger partial charge in [-0.15, -0.1) is 0 Å². The molecule has 0 bridgehead atoms. The number of carbonyl (C=O) groups excluding carboxylic acids is 1. The normalized spacial score (nSPS) is 11.2. The molecule has 9 nitrogen and oxygen atoms in total. The number of H-pyrrole nitrogens is 1. The maximum atomic E-state index is 12.7. The first-order valence-electron chi connectivity index (χ1n) is 7.71. The molecule has 27 heavy (non-hydrogen) atoms. The number of aromatic amines is 1. The molecular formula is C17H17N3O6S. The van der Waals surface area contributed by atoms with Gasteiger partial charge in [-0.05, 0) is 30.3 Å². The van der Waals surface area contributed by atoms with Gasteiger partial charge in [0, 0.05) is 17.1 Å². The van der Waals surface area contributed by atoms with Crippen molar-refractivity contribution < 1.29 is 27.4 Å². The summed E-state index contributed by atoms with van der Waals surface area (Å²) >= 11 is 0. The molecule has 1 heterocycles. The molecule has 10 heteroatoms. The number of ether oxygens (including phenoxy) is 3. The molecule has 0 saturated carbocycles. The minimum Gasteiger partial charge on any atom is -0.493 e. The van der Waals surface area contributed by atoms with Crippen molar-refractivity contribution >= 4 is 32.6 Å². The van der Waals surface area contributed by atoms with Gasteiger partial charge in [-0.1, -0.05) is 0 Å². The van der Waals surface area contributed by atoms with Crippen LogP contribution in [0.1, 0.15) is 10.5 Å². The van der Waals surface area contributed by atoms with Crippen LogP contribution < -0.4 is 14.2 Å². The van der Waals surface area contributed by atoms with E-state index >= 15 is 0 Å². The SMILES string of the molecule is COC(=O)c1n[nH]c2ccc(NS(=O)(=O)c3ccc(OC)c(OC)c3)cc12. The zero-order valence-corrected chi connectivity index (χ0v) is 15.6. The first-order chi connectivity index (χ1) is 12.9. The number of carbonyl (C=O) groups is 1. The van der Waals surface area contributed by atoms with E-state index in [1.807, 2.05) is 0 Å². The zero-order valence-electron chi connectivity index (χ0n) is 14.8. The van der Waals surface area contributed by atoms with Gasteiger partial charge in [-0.25, -0.2) is 13.2 Å². The van der Waals surface area contributed by atoms with E-state index in [1.54, 1.807) is 12.1 Å². The monoisotopic (exact) mass is 391 g/mol. The highest BCUT2D eigenvalue weighted by atomic mass is 32.2. The van der Waals surface area contributed by atoms with Crippen LogP contribution in [0.4, 0.5) is 5.69 Å². The topological polar surface area (TPSA) is 120 Å². The fourth-order valence-electron chi connectivity index (χ4n) is 2.53. The Labute approximate surface area is 155 Å². The van der Waals surface area contributed by atoms with Crippen molar-refractivity contribution in [1.29, 1.82) is 0 Å². The number of methoxy groups -OCH3 is 3. The van der Waals surface area contributed by atoms with E-state index in [0.29, 0.717) is 22.4 Å². The molecule has 2 aromatic carbocycles. The number of fused-ring (bicyclic) bond motifs is 1. The largest absolute Gasteiger partial charge is 0.493 e. The summed E-state index contributed by atoms with van der Waals surface area (Å²) in [6.07, 6.45) is 0. The minimum atomic E-state index is -3.89. The Balaban J connectivity index is 1.97. The zero-order chi connectivity index (χ0) is 19.6. The van der Waals surface area contributed by atoms with Gasteiger partial charge in [0.2, 0.25) is 0 Å². The number of sulfonamides is 1. The van der Waals surface area contributed by atoms with Gasteiger partial charge < -0.3 is 14.2 Å². The second-order valence-corrected chi connectivity index (χ2v) is 7.13.